The van der Waals surface area contributed by atoms with Crippen LogP contribution in [0.1, 0.15) is 43.2 Å². The average Bonchev–Trinajstić information content (AvgIpc) is 2.79. The number of hydrogen-bond donors (Lipinski definition) is 3. The van der Waals surface area contributed by atoms with Crippen LogP contribution >= 0.6 is 0 Å². The Labute approximate surface area is 188 Å². The molecule has 0 aromatic heterocycles. The molecule has 4 bridgehead atoms. The fraction of sp³-hybridized carbons (Fsp3) is 0.520. The maximum Gasteiger partial charge on any atom is 0.228 e. The number of hydrogen-bond acceptors (Lipinski definition) is 7. The summed E-state index contributed by atoms with van der Waals surface area (Å²) in [5, 5.41) is 30.6. The van der Waals surface area contributed by atoms with Crippen molar-refractivity contribution in [1.29, 1.82) is 0 Å². The minimum absolute atomic E-state index is 0.0881. The lowest BCUT2D eigenvalue weighted by Gasteiger charge is -2.36. The lowest BCUT2D eigenvalue weighted by atomic mass is 10.0. The van der Waals surface area contributed by atoms with Gasteiger partial charge in [0.2, 0.25) is 6.29 Å². The summed E-state index contributed by atoms with van der Waals surface area (Å²) in [6.07, 6.45) is 1.19. The van der Waals surface area contributed by atoms with Gasteiger partial charge in [0.25, 0.3) is 0 Å². The van der Waals surface area contributed by atoms with Crippen molar-refractivity contribution in [3.8, 4) is 17.2 Å². The van der Waals surface area contributed by atoms with Crippen LogP contribution < -0.4 is 9.47 Å². The summed E-state index contributed by atoms with van der Waals surface area (Å²) in [6.45, 7) is 0. The van der Waals surface area contributed by atoms with E-state index in [1.54, 1.807) is 0 Å². The van der Waals surface area contributed by atoms with Crippen molar-refractivity contribution in [3.05, 3.63) is 53.6 Å². The Morgan fingerprint density at radius 2 is 1.59 bits per heavy atom. The molecule has 1 fully saturated rings. The van der Waals surface area contributed by atoms with E-state index in [-0.39, 0.29) is 12.5 Å². The van der Waals surface area contributed by atoms with Gasteiger partial charge in [0.15, 0.2) is 17.8 Å². The van der Waals surface area contributed by atoms with Gasteiger partial charge in [-0.2, -0.15) is 0 Å². The molecule has 0 aliphatic carbocycles. The van der Waals surface area contributed by atoms with Crippen molar-refractivity contribution in [2.75, 3.05) is 7.11 Å². The van der Waals surface area contributed by atoms with Crippen molar-refractivity contribution >= 4 is 0 Å². The Morgan fingerprint density at radius 1 is 0.844 bits per heavy atom. The summed E-state index contributed by atoms with van der Waals surface area (Å²) >= 11 is 0. The predicted octanol–water partition coefficient (Wildman–Crippen LogP) is 3.32. The normalized spacial score (nSPS) is 28.9. The lowest BCUT2D eigenvalue weighted by molar-refractivity contribution is -0.299. The highest BCUT2D eigenvalue weighted by molar-refractivity contribution is 5.46. The molecule has 7 heteroatoms. The topological polar surface area (TPSA) is 97.6 Å². The molecule has 0 spiro atoms. The summed E-state index contributed by atoms with van der Waals surface area (Å²) in [7, 11) is 1.44. The highest BCUT2D eigenvalue weighted by Gasteiger charge is 2.38. The van der Waals surface area contributed by atoms with Gasteiger partial charge < -0.3 is 34.3 Å². The number of aliphatic hydroxyl groups is 3. The highest BCUT2D eigenvalue weighted by Crippen LogP contribution is 2.36. The zero-order valence-corrected chi connectivity index (χ0v) is 18.4. The fourth-order valence-corrected chi connectivity index (χ4v) is 4.15. The lowest BCUT2D eigenvalue weighted by Crippen LogP contribution is -2.50. The Morgan fingerprint density at radius 3 is 2.38 bits per heavy atom. The van der Waals surface area contributed by atoms with Crippen molar-refractivity contribution in [1.82, 2.24) is 0 Å². The monoisotopic (exact) mass is 444 g/mol. The standard InChI is InChI=1S/C25H32O7/c1-29-24-20(27)15-21(28)25(32-24)31-22-13-9-17-4-2-3-5-18(26)10-6-16-7-11-19(12-8-16)30-23(22)14-17/h7-9,11-14,18,20-21,24-28H,2-6,10,15H2,1H3/t18-,20-,21?,24?,25-/m1/s1. The Bertz CT molecular complexity index is 869. The summed E-state index contributed by atoms with van der Waals surface area (Å²) in [6, 6.07) is 13.5. The SMILES string of the molecule is COC1O[C@@H](Oc2ccc3cc2Oc2ccc(cc2)CC[C@H](O)CCCC3)C(O)C[C@H]1O. The first kappa shape index (κ1) is 23.0. The van der Waals surface area contributed by atoms with Gasteiger partial charge in [0, 0.05) is 13.5 Å². The minimum Gasteiger partial charge on any atom is -0.458 e. The van der Waals surface area contributed by atoms with E-state index in [9.17, 15) is 15.3 Å². The predicted molar refractivity (Wildman–Crippen MR) is 118 cm³/mol. The smallest absolute Gasteiger partial charge is 0.228 e. The maximum absolute atomic E-state index is 10.4. The van der Waals surface area contributed by atoms with Gasteiger partial charge in [-0.1, -0.05) is 24.6 Å². The molecule has 3 aliphatic rings. The van der Waals surface area contributed by atoms with Crippen LogP contribution in [0.25, 0.3) is 0 Å². The third-order valence-corrected chi connectivity index (χ3v) is 6.03. The molecule has 3 heterocycles. The van der Waals surface area contributed by atoms with E-state index in [2.05, 4.69) is 0 Å². The van der Waals surface area contributed by atoms with Gasteiger partial charge in [-0.05, 0) is 67.5 Å². The van der Waals surface area contributed by atoms with Crippen molar-refractivity contribution < 1.29 is 34.3 Å². The van der Waals surface area contributed by atoms with Crippen molar-refractivity contribution in [2.45, 2.75) is 75.8 Å². The molecule has 5 atom stereocenters. The number of rotatable bonds is 3. The van der Waals surface area contributed by atoms with Crippen LogP contribution in [-0.2, 0) is 22.3 Å². The first-order valence-electron chi connectivity index (χ1n) is 11.3. The van der Waals surface area contributed by atoms with Gasteiger partial charge in [-0.15, -0.1) is 0 Å². The second-order valence-corrected chi connectivity index (χ2v) is 8.56. The van der Waals surface area contributed by atoms with E-state index < -0.39 is 24.8 Å². The molecular formula is C25H32O7. The Kier molecular flexibility index (Phi) is 7.65. The zero-order valence-electron chi connectivity index (χ0n) is 18.4. The summed E-state index contributed by atoms with van der Waals surface area (Å²) in [4.78, 5) is 0. The summed E-state index contributed by atoms with van der Waals surface area (Å²) in [5.74, 6) is 1.63. The zero-order chi connectivity index (χ0) is 22.5. The first-order valence-corrected chi connectivity index (χ1v) is 11.3. The Hall–Kier alpha value is -2.16. The van der Waals surface area contributed by atoms with Crippen LogP contribution in [0.15, 0.2) is 42.5 Å². The molecule has 5 rings (SSSR count). The molecule has 0 radical (unpaired) electrons. The van der Waals surface area contributed by atoms with Crippen LogP contribution in [0.5, 0.6) is 17.2 Å². The first-order chi connectivity index (χ1) is 15.5. The summed E-state index contributed by atoms with van der Waals surface area (Å²) in [5.41, 5.74) is 2.25. The number of aryl methyl sites for hydroxylation is 2. The van der Waals surface area contributed by atoms with Crippen LogP contribution in [0, 0.1) is 0 Å². The number of methoxy groups -OCH3 is 1. The van der Waals surface area contributed by atoms with E-state index in [0.29, 0.717) is 17.2 Å². The Balaban J connectivity index is 1.58. The van der Waals surface area contributed by atoms with Crippen LogP contribution in [0.4, 0.5) is 0 Å². The maximum atomic E-state index is 10.4. The minimum atomic E-state index is -1.00. The second-order valence-electron chi connectivity index (χ2n) is 8.56. The van der Waals surface area contributed by atoms with Gasteiger partial charge in [-0.3, -0.25) is 0 Å². The molecule has 3 aliphatic heterocycles. The van der Waals surface area contributed by atoms with E-state index in [1.165, 1.54) is 7.11 Å². The number of ether oxygens (including phenoxy) is 4. The van der Waals surface area contributed by atoms with Gasteiger partial charge in [0.1, 0.15) is 18.0 Å². The van der Waals surface area contributed by atoms with E-state index >= 15 is 0 Å². The van der Waals surface area contributed by atoms with E-state index in [1.807, 2.05) is 42.5 Å². The fourth-order valence-electron chi connectivity index (χ4n) is 4.15. The van der Waals surface area contributed by atoms with E-state index in [0.717, 1.165) is 49.7 Å². The number of fused-ring (bicyclic) bond motifs is 8. The largest absolute Gasteiger partial charge is 0.458 e. The highest BCUT2D eigenvalue weighted by atomic mass is 16.8. The molecule has 2 unspecified atom stereocenters. The van der Waals surface area contributed by atoms with Gasteiger partial charge in [-0.25, -0.2) is 0 Å². The number of aliphatic hydroxyl groups excluding tert-OH is 3. The quantitative estimate of drug-likeness (QED) is 0.668. The molecule has 174 valence electrons. The van der Waals surface area contributed by atoms with E-state index in [4.69, 9.17) is 18.9 Å². The molecule has 32 heavy (non-hydrogen) atoms. The van der Waals surface area contributed by atoms with Crippen molar-refractivity contribution in [3.63, 3.8) is 0 Å². The third-order valence-electron chi connectivity index (χ3n) is 6.03. The van der Waals surface area contributed by atoms with Crippen LogP contribution in [0.2, 0.25) is 0 Å². The van der Waals surface area contributed by atoms with Crippen LogP contribution in [0.3, 0.4) is 0 Å². The molecule has 0 saturated carbocycles. The second kappa shape index (κ2) is 10.6. The molecule has 0 amide bonds. The summed E-state index contributed by atoms with van der Waals surface area (Å²) < 4.78 is 22.9. The molecule has 7 nitrogen and oxygen atoms in total. The molecule has 3 N–H and O–H groups in total. The number of benzene rings is 2. The molecule has 2 aromatic carbocycles. The average molecular weight is 445 g/mol. The third kappa shape index (κ3) is 5.79. The van der Waals surface area contributed by atoms with Gasteiger partial charge in [0.05, 0.1) is 6.10 Å². The van der Waals surface area contributed by atoms with Gasteiger partial charge >= 0.3 is 0 Å². The molecular weight excluding hydrogens is 412 g/mol. The molecule has 1 saturated heterocycles. The molecule has 2 aromatic rings. The van der Waals surface area contributed by atoms with Crippen molar-refractivity contribution in [2.24, 2.45) is 0 Å². The van der Waals surface area contributed by atoms with Crippen LogP contribution in [-0.4, -0.2) is 53.3 Å².